The molecule has 3 heteroatoms. The summed E-state index contributed by atoms with van der Waals surface area (Å²) in [6.45, 7) is 6.69. The molecule has 1 aromatic heterocycles. The number of hydrogen-bond donors (Lipinski definition) is 1. The molecule has 2 aliphatic heterocycles. The standard InChI is InChI=1S/C26H33N3/c1-3-4-7-21-8-5-9-22(19-21)28-16-13-26(14-17-28)25-10-6-15-29(25)24-12-11-20(2)18-23(24)27-26/h5-6,9-12,15,18-19,21,27H,3-4,7-8,13-14,16-17H2,1-2H3. The fourth-order valence-corrected chi connectivity index (χ4v) is 5.40. The lowest BCUT2D eigenvalue weighted by atomic mass is 9.81. The van der Waals surface area contributed by atoms with Crippen molar-refractivity contribution in [2.45, 2.75) is 57.9 Å². The van der Waals surface area contributed by atoms with Gasteiger partial charge in [-0.2, -0.15) is 0 Å². The topological polar surface area (TPSA) is 20.2 Å². The summed E-state index contributed by atoms with van der Waals surface area (Å²) in [5, 5.41) is 3.97. The molecule has 1 saturated heterocycles. The number of allylic oxidation sites excluding steroid dienone is 3. The van der Waals surface area contributed by atoms with Crippen LogP contribution in [0.5, 0.6) is 0 Å². The number of anilines is 1. The van der Waals surface area contributed by atoms with E-state index in [1.165, 1.54) is 54.0 Å². The Balaban J connectivity index is 1.36. The molecule has 0 amide bonds. The van der Waals surface area contributed by atoms with Gasteiger partial charge in [-0.05, 0) is 74.4 Å². The van der Waals surface area contributed by atoms with Crippen LogP contribution in [-0.4, -0.2) is 22.6 Å². The molecule has 0 saturated carbocycles. The van der Waals surface area contributed by atoms with Gasteiger partial charge in [0.15, 0.2) is 0 Å². The molecule has 5 rings (SSSR count). The molecular weight excluding hydrogens is 354 g/mol. The van der Waals surface area contributed by atoms with Crippen LogP contribution in [-0.2, 0) is 5.54 Å². The van der Waals surface area contributed by atoms with Crippen LogP contribution in [0.25, 0.3) is 5.69 Å². The van der Waals surface area contributed by atoms with Gasteiger partial charge in [0.05, 0.1) is 16.9 Å². The molecule has 2 aromatic rings. The second-order valence-corrected chi connectivity index (χ2v) is 9.11. The predicted octanol–water partition coefficient (Wildman–Crippen LogP) is 6.15. The van der Waals surface area contributed by atoms with Crippen LogP contribution < -0.4 is 5.32 Å². The summed E-state index contributed by atoms with van der Waals surface area (Å²) in [6.07, 6.45) is 17.0. The molecule has 1 fully saturated rings. The van der Waals surface area contributed by atoms with Gasteiger partial charge < -0.3 is 14.8 Å². The van der Waals surface area contributed by atoms with E-state index in [1.54, 1.807) is 0 Å². The van der Waals surface area contributed by atoms with Gasteiger partial charge >= 0.3 is 0 Å². The van der Waals surface area contributed by atoms with E-state index < -0.39 is 0 Å². The highest BCUT2D eigenvalue weighted by molar-refractivity contribution is 5.68. The first-order chi connectivity index (χ1) is 14.2. The molecule has 29 heavy (non-hydrogen) atoms. The quantitative estimate of drug-likeness (QED) is 0.679. The van der Waals surface area contributed by atoms with E-state index in [9.17, 15) is 0 Å². The lowest BCUT2D eigenvalue weighted by Gasteiger charge is -2.47. The van der Waals surface area contributed by atoms with Gasteiger partial charge in [0.2, 0.25) is 0 Å². The highest BCUT2D eigenvalue weighted by atomic mass is 15.2. The Morgan fingerprint density at radius 2 is 2.03 bits per heavy atom. The number of rotatable bonds is 4. The Morgan fingerprint density at radius 1 is 1.17 bits per heavy atom. The van der Waals surface area contributed by atoms with E-state index in [-0.39, 0.29) is 5.54 Å². The molecule has 3 nitrogen and oxygen atoms in total. The minimum Gasteiger partial charge on any atom is -0.372 e. The lowest BCUT2D eigenvalue weighted by Crippen LogP contribution is -2.49. The Bertz CT molecular complexity index is 941. The first kappa shape index (κ1) is 18.6. The Morgan fingerprint density at radius 3 is 2.86 bits per heavy atom. The third-order valence-electron chi connectivity index (χ3n) is 7.07. The van der Waals surface area contributed by atoms with Crippen molar-refractivity contribution >= 4 is 5.69 Å². The second-order valence-electron chi connectivity index (χ2n) is 9.11. The average Bonchev–Trinajstić information content (AvgIpc) is 3.24. The van der Waals surface area contributed by atoms with Crippen molar-refractivity contribution in [2.75, 3.05) is 18.4 Å². The molecule has 1 spiro atoms. The Kier molecular flexibility index (Phi) is 4.77. The zero-order valence-electron chi connectivity index (χ0n) is 17.8. The summed E-state index contributed by atoms with van der Waals surface area (Å²) in [6, 6.07) is 11.3. The zero-order chi connectivity index (χ0) is 19.8. The normalized spacial score (nSPS) is 22.1. The largest absolute Gasteiger partial charge is 0.372 e. The number of aryl methyl sites for hydroxylation is 1. The number of likely N-dealkylation sites (tertiary alicyclic amines) is 1. The van der Waals surface area contributed by atoms with E-state index in [1.807, 2.05) is 0 Å². The van der Waals surface area contributed by atoms with Gasteiger partial charge in [-0.15, -0.1) is 0 Å². The molecular formula is C26H33N3. The summed E-state index contributed by atoms with van der Waals surface area (Å²) in [5.74, 6) is 0.728. The van der Waals surface area contributed by atoms with Crippen LogP contribution in [0.15, 0.2) is 60.5 Å². The molecule has 1 aliphatic carbocycles. The van der Waals surface area contributed by atoms with Crippen LogP contribution >= 0.6 is 0 Å². The van der Waals surface area contributed by atoms with Crippen molar-refractivity contribution in [1.82, 2.24) is 9.47 Å². The Hall–Kier alpha value is -2.42. The number of benzene rings is 1. The van der Waals surface area contributed by atoms with E-state index in [4.69, 9.17) is 0 Å². The van der Waals surface area contributed by atoms with Gasteiger partial charge in [-0.3, -0.25) is 0 Å². The van der Waals surface area contributed by atoms with E-state index >= 15 is 0 Å². The van der Waals surface area contributed by atoms with Crippen LogP contribution in [0.4, 0.5) is 5.69 Å². The number of aromatic nitrogens is 1. The maximum absolute atomic E-state index is 3.97. The van der Waals surface area contributed by atoms with Gasteiger partial charge in [-0.1, -0.05) is 38.0 Å². The van der Waals surface area contributed by atoms with E-state index in [0.29, 0.717) is 0 Å². The summed E-state index contributed by atoms with van der Waals surface area (Å²) < 4.78 is 2.40. The number of nitrogens with zero attached hydrogens (tertiary/aromatic N) is 2. The van der Waals surface area contributed by atoms with Gasteiger partial charge in [-0.25, -0.2) is 0 Å². The molecule has 0 bridgehead atoms. The van der Waals surface area contributed by atoms with Crippen molar-refractivity contribution in [3.8, 4) is 5.69 Å². The summed E-state index contributed by atoms with van der Waals surface area (Å²) in [5.41, 5.74) is 6.78. The first-order valence-electron chi connectivity index (χ1n) is 11.4. The highest BCUT2D eigenvalue weighted by Crippen LogP contribution is 2.44. The summed E-state index contributed by atoms with van der Waals surface area (Å²) >= 11 is 0. The molecule has 152 valence electrons. The predicted molar refractivity (Wildman–Crippen MR) is 121 cm³/mol. The number of piperidine rings is 1. The van der Waals surface area contributed by atoms with Crippen molar-refractivity contribution in [3.63, 3.8) is 0 Å². The average molecular weight is 388 g/mol. The van der Waals surface area contributed by atoms with Crippen molar-refractivity contribution in [2.24, 2.45) is 5.92 Å². The van der Waals surface area contributed by atoms with Crippen LogP contribution in [0, 0.1) is 12.8 Å². The van der Waals surface area contributed by atoms with E-state index in [2.05, 4.69) is 83.4 Å². The smallest absolute Gasteiger partial charge is 0.0813 e. The van der Waals surface area contributed by atoms with Crippen molar-refractivity contribution in [3.05, 3.63) is 71.7 Å². The minimum absolute atomic E-state index is 0.0430. The van der Waals surface area contributed by atoms with Gasteiger partial charge in [0.1, 0.15) is 0 Å². The SMILES string of the molecule is CCCCC1C=C(N2CCC3(CC2)Nc2cc(C)ccc2-n2cccc23)C=CC1. The molecule has 0 radical (unpaired) electrons. The second kappa shape index (κ2) is 7.44. The third-order valence-corrected chi connectivity index (χ3v) is 7.07. The molecule has 1 unspecified atom stereocenters. The minimum atomic E-state index is 0.0430. The maximum Gasteiger partial charge on any atom is 0.0813 e. The lowest BCUT2D eigenvalue weighted by molar-refractivity contribution is 0.208. The van der Waals surface area contributed by atoms with E-state index in [0.717, 1.165) is 31.8 Å². The number of nitrogens with one attached hydrogen (secondary N) is 1. The first-order valence-corrected chi connectivity index (χ1v) is 11.4. The van der Waals surface area contributed by atoms with Crippen LogP contribution in [0.1, 0.15) is 56.7 Å². The monoisotopic (exact) mass is 387 g/mol. The van der Waals surface area contributed by atoms with Gasteiger partial charge in [0, 0.05) is 30.7 Å². The maximum atomic E-state index is 3.97. The van der Waals surface area contributed by atoms with Crippen LogP contribution in [0.2, 0.25) is 0 Å². The number of unbranched alkanes of at least 4 members (excludes halogenated alkanes) is 1. The summed E-state index contributed by atoms with van der Waals surface area (Å²) in [4.78, 5) is 2.61. The number of fused-ring (bicyclic) bond motifs is 4. The fraction of sp³-hybridized carbons (Fsp3) is 0.462. The molecule has 3 aliphatic rings. The third kappa shape index (κ3) is 3.31. The Labute approximate surface area is 175 Å². The number of hydrogen-bond acceptors (Lipinski definition) is 2. The fourth-order valence-electron chi connectivity index (χ4n) is 5.40. The van der Waals surface area contributed by atoms with Crippen molar-refractivity contribution < 1.29 is 0 Å². The zero-order valence-corrected chi connectivity index (χ0v) is 17.8. The molecule has 1 atom stereocenters. The van der Waals surface area contributed by atoms with Crippen LogP contribution in [0.3, 0.4) is 0 Å². The summed E-state index contributed by atoms with van der Waals surface area (Å²) in [7, 11) is 0. The van der Waals surface area contributed by atoms with Crippen molar-refractivity contribution in [1.29, 1.82) is 0 Å². The van der Waals surface area contributed by atoms with Gasteiger partial charge in [0.25, 0.3) is 0 Å². The highest BCUT2D eigenvalue weighted by Gasteiger charge is 2.41. The molecule has 3 heterocycles. The molecule has 1 aromatic carbocycles. The molecule has 1 N–H and O–H groups in total.